The molecule has 0 atom stereocenters. The highest BCUT2D eigenvalue weighted by Crippen LogP contribution is 2.78. The molecule has 2 bridgehead atoms. The van der Waals surface area contributed by atoms with E-state index in [2.05, 4.69) is 5.10 Å². The first-order valence-electron chi connectivity index (χ1n) is 7.06. The summed E-state index contributed by atoms with van der Waals surface area (Å²) in [5.74, 6) is -4.73. The molecule has 128 valence electrons. The molecule has 0 aliphatic heterocycles. The van der Waals surface area contributed by atoms with E-state index >= 15 is 0 Å². The van der Waals surface area contributed by atoms with Crippen molar-refractivity contribution in [3.05, 3.63) is 17.0 Å². The predicted octanol–water partition coefficient (Wildman–Crippen LogP) is 3.73. The Morgan fingerprint density at radius 2 is 1.78 bits per heavy atom. The summed E-state index contributed by atoms with van der Waals surface area (Å²) in [6.45, 7) is 1.76. The van der Waals surface area contributed by atoms with E-state index in [1.54, 1.807) is 0 Å². The fourth-order valence-electron chi connectivity index (χ4n) is 4.14. The highest BCUT2D eigenvalue weighted by Gasteiger charge is 2.78. The van der Waals surface area contributed by atoms with Crippen molar-refractivity contribution in [3.63, 3.8) is 0 Å². The number of nitrogens with zero attached hydrogens (tertiary/aromatic N) is 2. The predicted molar refractivity (Wildman–Crippen MR) is 68.3 cm³/mol. The SMILES string of the molecule is Cc1c(C(C)(F)F)nn(CC23CC(C(F)(F)F)(C2)C3)c1C(=O)O. The smallest absolute Gasteiger partial charge is 0.394 e. The minimum absolute atomic E-state index is 0.0800. The molecule has 4 rings (SSSR count). The van der Waals surface area contributed by atoms with E-state index in [0.29, 0.717) is 6.92 Å². The molecule has 0 radical (unpaired) electrons. The molecule has 9 heteroatoms. The van der Waals surface area contributed by atoms with Gasteiger partial charge in [0.05, 0.1) is 5.41 Å². The molecule has 3 fully saturated rings. The lowest BCUT2D eigenvalue weighted by atomic mass is 9.35. The third kappa shape index (κ3) is 2.15. The van der Waals surface area contributed by atoms with Crippen LogP contribution in [0.2, 0.25) is 0 Å². The van der Waals surface area contributed by atoms with Crippen LogP contribution in [0.1, 0.15) is 47.9 Å². The summed E-state index contributed by atoms with van der Waals surface area (Å²) in [6, 6.07) is 0. The second kappa shape index (κ2) is 4.24. The molecule has 23 heavy (non-hydrogen) atoms. The van der Waals surface area contributed by atoms with Crippen LogP contribution in [0.3, 0.4) is 0 Å². The summed E-state index contributed by atoms with van der Waals surface area (Å²) in [5, 5.41) is 12.9. The maximum Gasteiger partial charge on any atom is 0.394 e. The van der Waals surface area contributed by atoms with Crippen molar-refractivity contribution in [3.8, 4) is 0 Å². The minimum atomic E-state index is -4.27. The van der Waals surface area contributed by atoms with Gasteiger partial charge in [0.15, 0.2) is 0 Å². The van der Waals surface area contributed by atoms with Crippen LogP contribution in [0.4, 0.5) is 22.0 Å². The minimum Gasteiger partial charge on any atom is -0.477 e. The van der Waals surface area contributed by atoms with Gasteiger partial charge in [-0.25, -0.2) is 4.79 Å². The van der Waals surface area contributed by atoms with E-state index < -0.39 is 34.6 Å². The Kier molecular flexibility index (Phi) is 2.99. The van der Waals surface area contributed by atoms with E-state index in [1.807, 2.05) is 0 Å². The Labute approximate surface area is 128 Å². The molecule has 1 heterocycles. The molecule has 3 aliphatic rings. The van der Waals surface area contributed by atoms with Crippen LogP contribution in [0.5, 0.6) is 0 Å². The topological polar surface area (TPSA) is 55.1 Å². The van der Waals surface area contributed by atoms with E-state index in [9.17, 15) is 31.9 Å². The number of halogens is 5. The van der Waals surface area contributed by atoms with Crippen LogP contribution in [-0.4, -0.2) is 27.0 Å². The lowest BCUT2D eigenvalue weighted by Gasteiger charge is -2.70. The van der Waals surface area contributed by atoms with Gasteiger partial charge in [0.1, 0.15) is 11.4 Å². The molecule has 0 aromatic carbocycles. The first-order valence-corrected chi connectivity index (χ1v) is 7.06. The van der Waals surface area contributed by atoms with Crippen LogP contribution < -0.4 is 0 Å². The van der Waals surface area contributed by atoms with Crippen molar-refractivity contribution in [2.45, 2.75) is 51.8 Å². The highest BCUT2D eigenvalue weighted by molar-refractivity contribution is 5.87. The number of aromatic nitrogens is 2. The van der Waals surface area contributed by atoms with Gasteiger partial charge >= 0.3 is 12.1 Å². The summed E-state index contributed by atoms with van der Waals surface area (Å²) in [6.07, 6.45) is -4.57. The molecule has 0 spiro atoms. The molecule has 1 aromatic rings. The molecule has 0 saturated heterocycles. The van der Waals surface area contributed by atoms with Gasteiger partial charge in [-0.3, -0.25) is 4.68 Å². The van der Waals surface area contributed by atoms with Crippen LogP contribution >= 0.6 is 0 Å². The third-order valence-electron chi connectivity index (χ3n) is 5.03. The summed E-state index contributed by atoms with van der Waals surface area (Å²) in [4.78, 5) is 11.3. The largest absolute Gasteiger partial charge is 0.477 e. The fourth-order valence-corrected chi connectivity index (χ4v) is 4.14. The Hall–Kier alpha value is -1.67. The number of carbonyl (C=O) groups is 1. The van der Waals surface area contributed by atoms with Crippen molar-refractivity contribution >= 4 is 5.97 Å². The summed E-state index contributed by atoms with van der Waals surface area (Å²) in [7, 11) is 0. The van der Waals surface area contributed by atoms with Crippen LogP contribution in [0.15, 0.2) is 0 Å². The molecular weight excluding hydrogens is 323 g/mol. The zero-order valence-corrected chi connectivity index (χ0v) is 12.5. The Balaban J connectivity index is 1.87. The van der Waals surface area contributed by atoms with Gasteiger partial charge in [0.25, 0.3) is 5.92 Å². The summed E-state index contributed by atoms with van der Waals surface area (Å²) >= 11 is 0. The van der Waals surface area contributed by atoms with Crippen molar-refractivity contribution in [2.75, 3.05) is 0 Å². The molecule has 3 aliphatic carbocycles. The third-order valence-corrected chi connectivity index (χ3v) is 5.03. The van der Waals surface area contributed by atoms with Gasteiger partial charge in [-0.2, -0.15) is 27.1 Å². The van der Waals surface area contributed by atoms with Crippen LogP contribution in [-0.2, 0) is 12.5 Å². The maximum atomic E-state index is 13.5. The van der Waals surface area contributed by atoms with Gasteiger partial charge in [-0.1, -0.05) is 0 Å². The number of carboxylic acid groups (broad SMARTS) is 1. The second-order valence-corrected chi connectivity index (χ2v) is 6.98. The Morgan fingerprint density at radius 3 is 2.17 bits per heavy atom. The first-order chi connectivity index (χ1) is 10.3. The number of rotatable bonds is 4. The van der Waals surface area contributed by atoms with Gasteiger partial charge in [0.2, 0.25) is 0 Å². The summed E-state index contributed by atoms with van der Waals surface area (Å²) < 4.78 is 66.5. The number of hydrogen-bond donors (Lipinski definition) is 1. The van der Waals surface area contributed by atoms with E-state index in [4.69, 9.17) is 0 Å². The quantitative estimate of drug-likeness (QED) is 0.851. The summed E-state index contributed by atoms with van der Waals surface area (Å²) in [5.41, 5.74) is -3.53. The average molecular weight is 338 g/mol. The van der Waals surface area contributed by atoms with Crippen molar-refractivity contribution < 1.29 is 31.9 Å². The highest BCUT2D eigenvalue weighted by atomic mass is 19.4. The molecule has 1 N–H and O–H groups in total. The molecular formula is C14H15F5N2O2. The number of alkyl halides is 5. The van der Waals surface area contributed by atoms with E-state index in [-0.39, 0.29) is 37.1 Å². The van der Waals surface area contributed by atoms with E-state index in [1.165, 1.54) is 6.92 Å². The fraction of sp³-hybridized carbons (Fsp3) is 0.714. The van der Waals surface area contributed by atoms with E-state index in [0.717, 1.165) is 4.68 Å². The molecule has 3 saturated carbocycles. The standard InChI is InChI=1S/C14H15F5N2O2/c1-7-8(10(22)23)21(20-9(7)11(2,15)16)6-12-3-13(4-12,5-12)14(17,18)19/h3-6H2,1-2H3,(H,22,23). The van der Waals surface area contributed by atoms with Crippen LogP contribution in [0.25, 0.3) is 0 Å². The lowest BCUT2D eigenvalue weighted by Crippen LogP contribution is -2.69. The number of hydrogen-bond acceptors (Lipinski definition) is 2. The zero-order valence-electron chi connectivity index (χ0n) is 12.5. The monoisotopic (exact) mass is 338 g/mol. The zero-order chi connectivity index (χ0) is 17.4. The maximum absolute atomic E-state index is 13.5. The van der Waals surface area contributed by atoms with Crippen LogP contribution in [0, 0.1) is 17.8 Å². The van der Waals surface area contributed by atoms with Crippen molar-refractivity contribution in [2.24, 2.45) is 10.8 Å². The lowest BCUT2D eigenvalue weighted by molar-refractivity contribution is -0.366. The molecule has 1 aromatic heterocycles. The van der Waals surface area contributed by atoms with Crippen molar-refractivity contribution in [1.82, 2.24) is 9.78 Å². The Morgan fingerprint density at radius 1 is 1.26 bits per heavy atom. The normalized spacial score (nSPS) is 29.9. The molecule has 4 nitrogen and oxygen atoms in total. The molecule has 0 unspecified atom stereocenters. The van der Waals surface area contributed by atoms with Gasteiger partial charge < -0.3 is 5.11 Å². The number of carboxylic acids is 1. The van der Waals surface area contributed by atoms with Gasteiger partial charge in [-0.05, 0) is 31.6 Å². The Bertz CT molecular complexity index is 667. The molecule has 0 amide bonds. The van der Waals surface area contributed by atoms with Gasteiger partial charge in [-0.15, -0.1) is 0 Å². The first kappa shape index (κ1) is 16.2. The van der Waals surface area contributed by atoms with Crippen molar-refractivity contribution in [1.29, 1.82) is 0 Å². The van der Waals surface area contributed by atoms with Gasteiger partial charge in [0, 0.05) is 19.0 Å². The second-order valence-electron chi connectivity index (χ2n) is 6.98. The average Bonchev–Trinajstić information content (AvgIpc) is 2.56. The number of aromatic carboxylic acids is 1.